The summed E-state index contributed by atoms with van der Waals surface area (Å²) in [5.74, 6) is 0. The Hall–Kier alpha value is 0.427. The number of nitrogens with zero attached hydrogens (tertiary/aromatic N) is 1. The van der Waals surface area contributed by atoms with Crippen LogP contribution in [0.5, 0.6) is 0 Å². The molecule has 1 aliphatic rings. The molecular weight excluding hydrogens is 238 g/mol. The first-order valence-electron chi connectivity index (χ1n) is 6.18. The van der Waals surface area contributed by atoms with E-state index in [2.05, 4.69) is 38.4 Å². The Morgan fingerprint density at radius 2 is 2.00 bits per heavy atom. The van der Waals surface area contributed by atoms with E-state index < -0.39 is 8.32 Å². The Balaban J connectivity index is 2.32. The Labute approximate surface area is 106 Å². The highest BCUT2D eigenvalue weighted by Gasteiger charge is 2.31. The summed E-state index contributed by atoms with van der Waals surface area (Å²) in [6, 6.07) is 0. The van der Waals surface area contributed by atoms with Gasteiger partial charge < -0.3 is 4.43 Å². The molecule has 0 aromatic carbocycles. The predicted octanol–water partition coefficient (Wildman–Crippen LogP) is 3.18. The van der Waals surface area contributed by atoms with Crippen LogP contribution in [-0.4, -0.2) is 44.8 Å². The van der Waals surface area contributed by atoms with Crippen molar-refractivity contribution < 1.29 is 4.43 Å². The van der Waals surface area contributed by atoms with Crippen LogP contribution in [0.1, 0.15) is 20.3 Å². The third-order valence-electron chi connectivity index (χ3n) is 2.82. The van der Waals surface area contributed by atoms with Crippen LogP contribution in [0.4, 0.5) is 0 Å². The van der Waals surface area contributed by atoms with Crippen molar-refractivity contribution in [2.45, 2.75) is 45.3 Å². The Bertz CT molecular complexity index is 228. The number of halogens is 1. The van der Waals surface area contributed by atoms with Crippen LogP contribution in [0, 0.1) is 5.41 Å². The minimum atomic E-state index is -1.35. The molecule has 0 aromatic rings. The van der Waals surface area contributed by atoms with Crippen LogP contribution in [-0.2, 0) is 4.43 Å². The molecule has 0 spiro atoms. The zero-order valence-corrected chi connectivity index (χ0v) is 13.1. The van der Waals surface area contributed by atoms with Gasteiger partial charge in [0.05, 0.1) is 0 Å². The zero-order chi connectivity index (χ0) is 12.4. The smallest absolute Gasteiger partial charge is 0.183 e. The molecule has 4 heteroatoms. The average molecular weight is 264 g/mol. The zero-order valence-electron chi connectivity index (χ0n) is 11.3. The molecule has 1 atom stereocenters. The molecule has 1 fully saturated rings. The average Bonchev–Trinajstić information content (AvgIpc) is 1.96. The van der Waals surface area contributed by atoms with Crippen LogP contribution in [0.15, 0.2) is 0 Å². The number of piperidine rings is 1. The van der Waals surface area contributed by atoms with E-state index in [-0.39, 0.29) is 0 Å². The molecule has 0 saturated carbocycles. The molecule has 2 nitrogen and oxygen atoms in total. The Kier molecular flexibility index (Phi) is 4.87. The van der Waals surface area contributed by atoms with Crippen LogP contribution < -0.4 is 0 Å². The maximum atomic E-state index is 6.29. The second-order valence-electron chi connectivity index (χ2n) is 6.66. The molecule has 96 valence electrons. The van der Waals surface area contributed by atoms with Crippen LogP contribution >= 0.6 is 11.6 Å². The summed E-state index contributed by atoms with van der Waals surface area (Å²) in [7, 11) is -1.35. The van der Waals surface area contributed by atoms with E-state index in [9.17, 15) is 0 Å². The van der Waals surface area contributed by atoms with E-state index in [1.54, 1.807) is 0 Å². The first-order valence-corrected chi connectivity index (χ1v) is 10.0. The quantitative estimate of drug-likeness (QED) is 0.571. The fourth-order valence-electron chi connectivity index (χ4n) is 2.33. The molecule has 1 saturated heterocycles. The third-order valence-corrected chi connectivity index (χ3v) is 4.19. The lowest BCUT2D eigenvalue weighted by Crippen LogP contribution is -2.47. The minimum absolute atomic E-state index is 0.302. The maximum Gasteiger partial charge on any atom is 0.183 e. The van der Waals surface area contributed by atoms with Crippen molar-refractivity contribution in [1.29, 1.82) is 0 Å². The van der Waals surface area contributed by atoms with Gasteiger partial charge in [0.25, 0.3) is 0 Å². The molecule has 0 amide bonds. The summed E-state index contributed by atoms with van der Waals surface area (Å²) in [5.41, 5.74) is 0.351. The van der Waals surface area contributed by atoms with Crippen molar-refractivity contribution in [2.24, 2.45) is 5.41 Å². The van der Waals surface area contributed by atoms with Crippen molar-refractivity contribution in [3.63, 3.8) is 0 Å². The first-order chi connectivity index (χ1) is 7.18. The standard InChI is InChI=1S/C12H26ClNOSi/c1-12(2)8-11(13)9-14(10-12)6-7-15-16(3,4)5/h11H,6-10H2,1-5H3. The highest BCUT2D eigenvalue weighted by atomic mass is 35.5. The maximum absolute atomic E-state index is 6.29. The molecule has 1 unspecified atom stereocenters. The minimum Gasteiger partial charge on any atom is -0.416 e. The molecular formula is C12H26ClNOSi. The van der Waals surface area contributed by atoms with E-state index >= 15 is 0 Å². The summed E-state index contributed by atoms with van der Waals surface area (Å²) >= 11 is 6.29. The summed E-state index contributed by atoms with van der Waals surface area (Å²) in [6.07, 6.45) is 1.12. The van der Waals surface area contributed by atoms with E-state index in [4.69, 9.17) is 16.0 Å². The monoisotopic (exact) mass is 263 g/mol. The second kappa shape index (κ2) is 5.38. The number of likely N-dealkylation sites (tertiary alicyclic amines) is 1. The lowest BCUT2D eigenvalue weighted by molar-refractivity contribution is 0.104. The van der Waals surface area contributed by atoms with Gasteiger partial charge in [0, 0.05) is 31.6 Å². The molecule has 0 N–H and O–H groups in total. The van der Waals surface area contributed by atoms with Crippen LogP contribution in [0.3, 0.4) is 0 Å². The number of rotatable bonds is 4. The van der Waals surface area contributed by atoms with E-state index in [1.165, 1.54) is 0 Å². The molecule has 0 bridgehead atoms. The number of hydrogen-bond donors (Lipinski definition) is 0. The molecule has 1 heterocycles. The highest BCUT2D eigenvalue weighted by Crippen LogP contribution is 2.31. The molecule has 1 rings (SSSR count). The largest absolute Gasteiger partial charge is 0.416 e. The van der Waals surface area contributed by atoms with Crippen LogP contribution in [0.2, 0.25) is 19.6 Å². The fourth-order valence-corrected chi connectivity index (χ4v) is 3.65. The van der Waals surface area contributed by atoms with Gasteiger partial charge in [-0.3, -0.25) is 4.90 Å². The number of alkyl halides is 1. The molecule has 1 aliphatic heterocycles. The highest BCUT2D eigenvalue weighted by molar-refractivity contribution is 6.69. The first kappa shape index (κ1) is 14.5. The summed E-state index contributed by atoms with van der Waals surface area (Å²) in [6.45, 7) is 15.3. The molecule has 0 radical (unpaired) electrons. The van der Waals surface area contributed by atoms with Gasteiger partial charge in [-0.1, -0.05) is 13.8 Å². The van der Waals surface area contributed by atoms with E-state index in [0.717, 1.165) is 32.7 Å². The van der Waals surface area contributed by atoms with E-state index in [0.29, 0.717) is 10.8 Å². The van der Waals surface area contributed by atoms with Crippen molar-refractivity contribution in [1.82, 2.24) is 4.90 Å². The van der Waals surface area contributed by atoms with Gasteiger partial charge in [-0.25, -0.2) is 0 Å². The van der Waals surface area contributed by atoms with Crippen molar-refractivity contribution >= 4 is 19.9 Å². The Morgan fingerprint density at radius 1 is 1.38 bits per heavy atom. The lowest BCUT2D eigenvalue weighted by Gasteiger charge is -2.40. The Morgan fingerprint density at radius 3 is 2.50 bits per heavy atom. The van der Waals surface area contributed by atoms with Crippen LogP contribution in [0.25, 0.3) is 0 Å². The van der Waals surface area contributed by atoms with Gasteiger partial charge in [0.15, 0.2) is 8.32 Å². The SMILES string of the molecule is CC1(C)CC(Cl)CN(CCO[Si](C)(C)C)C1. The second-order valence-corrected chi connectivity index (χ2v) is 11.8. The van der Waals surface area contributed by atoms with Crippen molar-refractivity contribution in [3.05, 3.63) is 0 Å². The van der Waals surface area contributed by atoms with Gasteiger partial charge in [0.2, 0.25) is 0 Å². The van der Waals surface area contributed by atoms with Gasteiger partial charge in [-0.05, 0) is 31.5 Å². The summed E-state index contributed by atoms with van der Waals surface area (Å²) < 4.78 is 5.89. The van der Waals surface area contributed by atoms with Crippen molar-refractivity contribution in [3.8, 4) is 0 Å². The normalized spacial score (nSPS) is 27.0. The predicted molar refractivity (Wildman–Crippen MR) is 73.8 cm³/mol. The summed E-state index contributed by atoms with van der Waals surface area (Å²) in [4.78, 5) is 2.45. The molecule has 0 aliphatic carbocycles. The van der Waals surface area contributed by atoms with E-state index in [1.807, 2.05) is 0 Å². The lowest BCUT2D eigenvalue weighted by atomic mass is 9.84. The van der Waals surface area contributed by atoms with Gasteiger partial charge in [0.1, 0.15) is 0 Å². The topological polar surface area (TPSA) is 12.5 Å². The number of hydrogen-bond acceptors (Lipinski definition) is 2. The third kappa shape index (κ3) is 5.67. The molecule has 0 aromatic heterocycles. The molecule has 16 heavy (non-hydrogen) atoms. The van der Waals surface area contributed by atoms with Gasteiger partial charge >= 0.3 is 0 Å². The van der Waals surface area contributed by atoms with Gasteiger partial charge in [-0.15, -0.1) is 11.6 Å². The van der Waals surface area contributed by atoms with Gasteiger partial charge in [-0.2, -0.15) is 0 Å². The fraction of sp³-hybridized carbons (Fsp3) is 1.00. The summed E-state index contributed by atoms with van der Waals surface area (Å²) in [5, 5.41) is 0.302. The van der Waals surface area contributed by atoms with Crippen molar-refractivity contribution in [2.75, 3.05) is 26.2 Å².